The largest absolute Gasteiger partial charge is 0.496 e. The Morgan fingerprint density at radius 1 is 1.10 bits per heavy atom. The van der Waals surface area contributed by atoms with Crippen LogP contribution >= 0.6 is 11.6 Å². The van der Waals surface area contributed by atoms with E-state index in [2.05, 4.69) is 5.43 Å². The molecule has 21 heavy (non-hydrogen) atoms. The fraction of sp³-hybridized carbons (Fsp3) is 0.250. The summed E-state index contributed by atoms with van der Waals surface area (Å²) in [5.74, 6) is 7.23. The Morgan fingerprint density at radius 2 is 1.71 bits per heavy atom. The Kier molecular flexibility index (Phi) is 5.07. The van der Waals surface area contributed by atoms with Gasteiger partial charge in [0.05, 0.1) is 25.8 Å². The highest BCUT2D eigenvalue weighted by atomic mass is 35.5. The average Bonchev–Trinajstić information content (AvgIpc) is 2.49. The van der Waals surface area contributed by atoms with Crippen LogP contribution in [0.15, 0.2) is 36.4 Å². The molecule has 0 fully saturated rings. The van der Waals surface area contributed by atoms with Crippen LogP contribution in [0.2, 0.25) is 5.02 Å². The van der Waals surface area contributed by atoms with E-state index in [1.807, 2.05) is 43.3 Å². The molecule has 0 aliphatic heterocycles. The Labute approximate surface area is 129 Å². The molecule has 2 aromatic rings. The van der Waals surface area contributed by atoms with Gasteiger partial charge in [-0.25, -0.2) is 5.43 Å². The van der Waals surface area contributed by atoms with Gasteiger partial charge in [0.15, 0.2) is 0 Å². The Bertz CT molecular complexity index is 609. The minimum absolute atomic E-state index is 0.256. The maximum atomic E-state index is 6.03. The van der Waals surface area contributed by atoms with E-state index < -0.39 is 0 Å². The van der Waals surface area contributed by atoms with Crippen molar-refractivity contribution in [3.63, 3.8) is 0 Å². The lowest BCUT2D eigenvalue weighted by Gasteiger charge is -2.23. The molecule has 1 unspecified atom stereocenters. The quantitative estimate of drug-likeness (QED) is 0.658. The Balaban J connectivity index is 2.61. The summed E-state index contributed by atoms with van der Waals surface area (Å²) < 4.78 is 10.9. The van der Waals surface area contributed by atoms with Gasteiger partial charge >= 0.3 is 0 Å². The fourth-order valence-electron chi connectivity index (χ4n) is 2.46. The van der Waals surface area contributed by atoms with E-state index in [0.717, 1.165) is 16.7 Å². The third-order valence-electron chi connectivity index (χ3n) is 3.46. The number of aryl methyl sites for hydroxylation is 1. The van der Waals surface area contributed by atoms with E-state index in [4.69, 9.17) is 26.9 Å². The molecule has 112 valence electrons. The maximum Gasteiger partial charge on any atom is 0.127 e. The number of hydrogen-bond acceptors (Lipinski definition) is 4. The summed E-state index contributed by atoms with van der Waals surface area (Å²) in [7, 11) is 3.25. The van der Waals surface area contributed by atoms with Gasteiger partial charge in [-0.1, -0.05) is 23.7 Å². The SMILES string of the molecule is COc1cccc(OC)c1C(NN)c1ccc(Cl)cc1C. The molecule has 0 aromatic heterocycles. The summed E-state index contributed by atoms with van der Waals surface area (Å²) in [6.07, 6.45) is 0. The highest BCUT2D eigenvalue weighted by molar-refractivity contribution is 6.30. The normalized spacial score (nSPS) is 12.0. The molecule has 5 heteroatoms. The molecule has 0 saturated heterocycles. The minimum Gasteiger partial charge on any atom is -0.496 e. The predicted molar refractivity (Wildman–Crippen MR) is 84.9 cm³/mol. The lowest BCUT2D eigenvalue weighted by Crippen LogP contribution is -2.30. The van der Waals surface area contributed by atoms with Crippen LogP contribution < -0.4 is 20.7 Å². The zero-order chi connectivity index (χ0) is 15.4. The molecule has 0 saturated carbocycles. The molecular formula is C16H19ClN2O2. The van der Waals surface area contributed by atoms with Gasteiger partial charge in [0.25, 0.3) is 0 Å². The van der Waals surface area contributed by atoms with E-state index in [1.54, 1.807) is 14.2 Å². The van der Waals surface area contributed by atoms with Gasteiger partial charge in [-0.2, -0.15) is 0 Å². The molecule has 2 rings (SSSR count). The third-order valence-corrected chi connectivity index (χ3v) is 3.70. The number of nitrogens with two attached hydrogens (primary N) is 1. The molecule has 0 aliphatic carbocycles. The van der Waals surface area contributed by atoms with E-state index in [1.165, 1.54) is 0 Å². The van der Waals surface area contributed by atoms with Crippen LogP contribution in [0.3, 0.4) is 0 Å². The second-order valence-electron chi connectivity index (χ2n) is 4.68. The monoisotopic (exact) mass is 306 g/mol. The summed E-state index contributed by atoms with van der Waals surface area (Å²) in [6.45, 7) is 1.99. The van der Waals surface area contributed by atoms with Crippen LogP contribution in [0.25, 0.3) is 0 Å². The summed E-state index contributed by atoms with van der Waals surface area (Å²) in [4.78, 5) is 0. The highest BCUT2D eigenvalue weighted by Gasteiger charge is 2.23. The van der Waals surface area contributed by atoms with Gasteiger partial charge in [0.1, 0.15) is 11.5 Å². The Morgan fingerprint density at radius 3 is 2.19 bits per heavy atom. The number of hydrazine groups is 1. The van der Waals surface area contributed by atoms with Crippen molar-refractivity contribution >= 4 is 11.6 Å². The number of nitrogens with one attached hydrogen (secondary N) is 1. The topological polar surface area (TPSA) is 56.5 Å². The first-order chi connectivity index (χ1) is 10.1. The predicted octanol–water partition coefficient (Wildman–Crippen LogP) is 3.22. The number of halogens is 1. The van der Waals surface area contributed by atoms with Gasteiger partial charge in [-0.15, -0.1) is 0 Å². The van der Waals surface area contributed by atoms with Crippen LogP contribution in [0, 0.1) is 6.92 Å². The van der Waals surface area contributed by atoms with Crippen LogP contribution in [0.5, 0.6) is 11.5 Å². The molecule has 0 heterocycles. The molecule has 0 spiro atoms. The smallest absolute Gasteiger partial charge is 0.127 e. The molecule has 0 radical (unpaired) electrons. The lowest BCUT2D eigenvalue weighted by atomic mass is 9.94. The van der Waals surface area contributed by atoms with Crippen molar-refractivity contribution in [2.75, 3.05) is 14.2 Å². The average molecular weight is 307 g/mol. The zero-order valence-corrected chi connectivity index (χ0v) is 13.1. The van der Waals surface area contributed by atoms with Crippen molar-refractivity contribution in [3.05, 3.63) is 58.1 Å². The highest BCUT2D eigenvalue weighted by Crippen LogP contribution is 2.38. The number of benzene rings is 2. The molecular weight excluding hydrogens is 288 g/mol. The molecule has 1 atom stereocenters. The van der Waals surface area contributed by atoms with Gasteiger partial charge < -0.3 is 9.47 Å². The molecule has 0 amide bonds. The van der Waals surface area contributed by atoms with Crippen molar-refractivity contribution in [1.29, 1.82) is 0 Å². The number of methoxy groups -OCH3 is 2. The summed E-state index contributed by atoms with van der Waals surface area (Å²) in [5, 5.41) is 0.694. The minimum atomic E-state index is -0.256. The van der Waals surface area contributed by atoms with Crippen LogP contribution in [0.4, 0.5) is 0 Å². The number of rotatable bonds is 5. The van der Waals surface area contributed by atoms with Gasteiger partial charge in [-0.3, -0.25) is 5.84 Å². The number of hydrogen-bond donors (Lipinski definition) is 2. The second-order valence-corrected chi connectivity index (χ2v) is 5.11. The van der Waals surface area contributed by atoms with E-state index >= 15 is 0 Å². The summed E-state index contributed by atoms with van der Waals surface area (Å²) in [6, 6.07) is 11.1. The standard InChI is InChI=1S/C16H19ClN2O2/c1-10-9-11(17)7-8-12(10)16(19-18)15-13(20-2)5-4-6-14(15)21-3/h4-9,16,19H,18H2,1-3H3. The van der Waals surface area contributed by atoms with E-state index in [0.29, 0.717) is 16.5 Å². The molecule has 0 bridgehead atoms. The van der Waals surface area contributed by atoms with E-state index in [-0.39, 0.29) is 6.04 Å². The van der Waals surface area contributed by atoms with Crippen molar-refractivity contribution < 1.29 is 9.47 Å². The van der Waals surface area contributed by atoms with Crippen molar-refractivity contribution in [1.82, 2.24) is 5.43 Å². The molecule has 4 nitrogen and oxygen atoms in total. The first-order valence-corrected chi connectivity index (χ1v) is 6.93. The maximum absolute atomic E-state index is 6.03. The van der Waals surface area contributed by atoms with Crippen molar-refractivity contribution in [2.24, 2.45) is 5.84 Å². The fourth-order valence-corrected chi connectivity index (χ4v) is 2.68. The van der Waals surface area contributed by atoms with Crippen LogP contribution in [-0.4, -0.2) is 14.2 Å². The molecule has 2 aromatic carbocycles. The van der Waals surface area contributed by atoms with Gasteiger partial charge in [-0.05, 0) is 42.3 Å². The Hall–Kier alpha value is -1.75. The van der Waals surface area contributed by atoms with E-state index in [9.17, 15) is 0 Å². The van der Waals surface area contributed by atoms with Gasteiger partial charge in [0, 0.05) is 5.02 Å². The lowest BCUT2D eigenvalue weighted by molar-refractivity contribution is 0.377. The van der Waals surface area contributed by atoms with Crippen molar-refractivity contribution in [3.8, 4) is 11.5 Å². The first kappa shape index (κ1) is 15.6. The summed E-state index contributed by atoms with van der Waals surface area (Å²) >= 11 is 6.03. The van der Waals surface area contributed by atoms with Crippen LogP contribution in [0.1, 0.15) is 22.7 Å². The first-order valence-electron chi connectivity index (χ1n) is 6.55. The molecule has 3 N–H and O–H groups in total. The number of ether oxygens (including phenoxy) is 2. The zero-order valence-electron chi connectivity index (χ0n) is 12.3. The van der Waals surface area contributed by atoms with Crippen molar-refractivity contribution in [2.45, 2.75) is 13.0 Å². The third kappa shape index (κ3) is 3.13. The molecule has 0 aliphatic rings. The summed E-state index contributed by atoms with van der Waals surface area (Å²) in [5.41, 5.74) is 5.76. The van der Waals surface area contributed by atoms with Gasteiger partial charge in [0.2, 0.25) is 0 Å². The van der Waals surface area contributed by atoms with Crippen LogP contribution in [-0.2, 0) is 0 Å². The second kappa shape index (κ2) is 6.80.